The molecule has 4 N–H and O–H groups in total. The third-order valence-corrected chi connectivity index (χ3v) is 3.04. The van der Waals surface area contributed by atoms with Crippen LogP contribution in [0.5, 0.6) is 0 Å². The average molecular weight is 236 g/mol. The minimum atomic E-state index is 0.278. The van der Waals surface area contributed by atoms with Crippen LogP contribution in [0.1, 0.15) is 31.7 Å². The minimum absolute atomic E-state index is 0.278. The van der Waals surface area contributed by atoms with Crippen molar-refractivity contribution in [3.05, 3.63) is 29.8 Å². The highest BCUT2D eigenvalue weighted by molar-refractivity contribution is 5.46. The summed E-state index contributed by atoms with van der Waals surface area (Å²) in [5.74, 6) is 0.565. The third-order valence-electron chi connectivity index (χ3n) is 3.04. The van der Waals surface area contributed by atoms with Crippen molar-refractivity contribution >= 4 is 5.69 Å². The van der Waals surface area contributed by atoms with Crippen LogP contribution >= 0.6 is 0 Å². The second-order valence-corrected chi connectivity index (χ2v) is 4.50. The van der Waals surface area contributed by atoms with Crippen molar-refractivity contribution in [3.8, 4) is 0 Å². The van der Waals surface area contributed by atoms with Gasteiger partial charge in [-0.2, -0.15) is 0 Å². The fraction of sp³-hybridized carbons (Fsp3) is 0.571. The van der Waals surface area contributed by atoms with Crippen LogP contribution in [-0.2, 0) is 6.54 Å². The van der Waals surface area contributed by atoms with Crippen LogP contribution in [0.4, 0.5) is 5.69 Å². The summed E-state index contributed by atoms with van der Waals surface area (Å²) < 4.78 is 0. The maximum atomic E-state index is 8.98. The number of nitrogens with two attached hydrogens (primary N) is 1. The molecule has 1 unspecified atom stereocenters. The molecule has 0 saturated heterocycles. The van der Waals surface area contributed by atoms with Crippen molar-refractivity contribution in [1.82, 2.24) is 5.32 Å². The second-order valence-electron chi connectivity index (χ2n) is 4.50. The predicted molar refractivity (Wildman–Crippen MR) is 72.7 cm³/mol. The number of nitrogens with one attached hydrogen (secondary N) is 1. The lowest BCUT2D eigenvalue weighted by atomic mass is 10.00. The summed E-state index contributed by atoms with van der Waals surface area (Å²) in [6.45, 7) is 4.21. The Morgan fingerprint density at radius 2 is 2.06 bits per heavy atom. The van der Waals surface area contributed by atoms with E-state index in [4.69, 9.17) is 10.8 Å². The van der Waals surface area contributed by atoms with Gasteiger partial charge in [0.2, 0.25) is 0 Å². The number of hydrogen-bond donors (Lipinski definition) is 3. The number of rotatable bonds is 8. The number of hydrogen-bond acceptors (Lipinski definition) is 3. The molecular weight excluding hydrogens is 212 g/mol. The Morgan fingerprint density at radius 1 is 1.29 bits per heavy atom. The van der Waals surface area contributed by atoms with Gasteiger partial charge in [0.25, 0.3) is 0 Å². The molecule has 0 aromatic heterocycles. The van der Waals surface area contributed by atoms with E-state index in [9.17, 15) is 0 Å². The Balaban J connectivity index is 2.33. The van der Waals surface area contributed by atoms with Gasteiger partial charge >= 0.3 is 0 Å². The highest BCUT2D eigenvalue weighted by atomic mass is 16.3. The SMILES string of the molecule is CCCC(CCO)CNCc1ccccc1N. The van der Waals surface area contributed by atoms with Crippen molar-refractivity contribution in [2.45, 2.75) is 32.7 Å². The molecule has 0 spiro atoms. The van der Waals surface area contributed by atoms with Gasteiger partial charge in [-0.3, -0.25) is 0 Å². The normalized spacial score (nSPS) is 12.6. The van der Waals surface area contributed by atoms with Gasteiger partial charge in [0.1, 0.15) is 0 Å². The summed E-state index contributed by atoms with van der Waals surface area (Å²) in [4.78, 5) is 0. The lowest BCUT2D eigenvalue weighted by Crippen LogP contribution is -2.23. The molecule has 0 aliphatic carbocycles. The molecule has 0 saturated carbocycles. The van der Waals surface area contributed by atoms with Gasteiger partial charge in [-0.25, -0.2) is 0 Å². The van der Waals surface area contributed by atoms with Crippen LogP contribution in [-0.4, -0.2) is 18.3 Å². The first-order chi connectivity index (χ1) is 8.27. The Hall–Kier alpha value is -1.06. The Kier molecular flexibility index (Phi) is 6.67. The molecule has 1 aromatic carbocycles. The minimum Gasteiger partial charge on any atom is -0.398 e. The number of anilines is 1. The highest BCUT2D eigenvalue weighted by Gasteiger charge is 2.06. The summed E-state index contributed by atoms with van der Waals surface area (Å²) in [7, 11) is 0. The molecule has 0 aliphatic rings. The summed E-state index contributed by atoms with van der Waals surface area (Å²) in [6, 6.07) is 7.92. The molecule has 0 aliphatic heterocycles. The zero-order valence-corrected chi connectivity index (χ0v) is 10.7. The van der Waals surface area contributed by atoms with Crippen LogP contribution in [0.3, 0.4) is 0 Å². The number of aliphatic hydroxyl groups excluding tert-OH is 1. The highest BCUT2D eigenvalue weighted by Crippen LogP contribution is 2.12. The molecule has 0 amide bonds. The first-order valence-corrected chi connectivity index (χ1v) is 6.42. The Labute approximate surface area is 104 Å². The standard InChI is InChI=1S/C14H24N2O/c1-2-5-12(8-9-17)10-16-11-13-6-3-4-7-14(13)15/h3-4,6-7,12,16-17H,2,5,8-11,15H2,1H3. The number of benzene rings is 1. The molecule has 3 heteroatoms. The van der Waals surface area contributed by atoms with Crippen LogP contribution in [0.15, 0.2) is 24.3 Å². The quantitative estimate of drug-likeness (QED) is 0.606. The Bertz CT molecular complexity index is 309. The fourth-order valence-corrected chi connectivity index (χ4v) is 2.05. The van der Waals surface area contributed by atoms with Crippen LogP contribution in [0, 0.1) is 5.92 Å². The van der Waals surface area contributed by atoms with Gasteiger partial charge in [0.15, 0.2) is 0 Å². The molecule has 3 nitrogen and oxygen atoms in total. The van der Waals surface area contributed by atoms with Crippen LogP contribution in [0.2, 0.25) is 0 Å². The molecule has 0 bridgehead atoms. The topological polar surface area (TPSA) is 58.3 Å². The van der Waals surface area contributed by atoms with Gasteiger partial charge in [-0.15, -0.1) is 0 Å². The average Bonchev–Trinajstić information content (AvgIpc) is 2.32. The molecule has 1 atom stereocenters. The first-order valence-electron chi connectivity index (χ1n) is 6.42. The predicted octanol–water partition coefficient (Wildman–Crippen LogP) is 2.16. The van der Waals surface area contributed by atoms with Gasteiger partial charge in [0, 0.05) is 18.8 Å². The largest absolute Gasteiger partial charge is 0.398 e. The lowest BCUT2D eigenvalue weighted by molar-refractivity contribution is 0.248. The van der Waals surface area contributed by atoms with E-state index in [2.05, 4.69) is 12.2 Å². The fourth-order valence-electron chi connectivity index (χ4n) is 2.05. The third kappa shape index (κ3) is 5.20. The maximum Gasteiger partial charge on any atom is 0.0434 e. The van der Waals surface area contributed by atoms with Crippen molar-refractivity contribution in [3.63, 3.8) is 0 Å². The van der Waals surface area contributed by atoms with Gasteiger partial charge in [0.05, 0.1) is 0 Å². The smallest absolute Gasteiger partial charge is 0.0434 e. The van der Waals surface area contributed by atoms with Crippen LogP contribution < -0.4 is 11.1 Å². The zero-order chi connectivity index (χ0) is 12.5. The molecule has 1 rings (SSSR count). The summed E-state index contributed by atoms with van der Waals surface area (Å²) in [6.07, 6.45) is 3.21. The molecule has 17 heavy (non-hydrogen) atoms. The van der Waals surface area contributed by atoms with Crippen LogP contribution in [0.25, 0.3) is 0 Å². The maximum absolute atomic E-state index is 8.98. The monoisotopic (exact) mass is 236 g/mol. The molecule has 96 valence electrons. The van der Waals surface area contributed by atoms with Gasteiger partial charge < -0.3 is 16.2 Å². The zero-order valence-electron chi connectivity index (χ0n) is 10.7. The Morgan fingerprint density at radius 3 is 2.71 bits per heavy atom. The molecule has 0 fully saturated rings. The molecule has 1 aromatic rings. The van der Waals surface area contributed by atoms with E-state index in [0.29, 0.717) is 5.92 Å². The summed E-state index contributed by atoms with van der Waals surface area (Å²) in [5, 5.41) is 12.4. The molecule has 0 radical (unpaired) electrons. The lowest BCUT2D eigenvalue weighted by Gasteiger charge is -2.16. The number of nitrogen functional groups attached to an aromatic ring is 1. The number of aliphatic hydroxyl groups is 1. The van der Waals surface area contributed by atoms with Gasteiger partial charge in [-0.1, -0.05) is 31.5 Å². The van der Waals surface area contributed by atoms with Crippen molar-refractivity contribution in [2.75, 3.05) is 18.9 Å². The van der Waals surface area contributed by atoms with E-state index in [-0.39, 0.29) is 6.61 Å². The second kappa shape index (κ2) is 8.09. The summed E-state index contributed by atoms with van der Waals surface area (Å²) >= 11 is 0. The summed E-state index contributed by atoms with van der Waals surface area (Å²) in [5.41, 5.74) is 7.86. The first kappa shape index (κ1) is 14.0. The van der Waals surface area contributed by atoms with E-state index in [0.717, 1.165) is 37.2 Å². The van der Waals surface area contributed by atoms with Crippen molar-refractivity contribution in [2.24, 2.45) is 5.92 Å². The van der Waals surface area contributed by atoms with Crippen molar-refractivity contribution < 1.29 is 5.11 Å². The number of para-hydroxylation sites is 1. The molecule has 0 heterocycles. The van der Waals surface area contributed by atoms with E-state index in [1.165, 1.54) is 6.42 Å². The van der Waals surface area contributed by atoms with Crippen molar-refractivity contribution in [1.29, 1.82) is 0 Å². The van der Waals surface area contributed by atoms with E-state index >= 15 is 0 Å². The van der Waals surface area contributed by atoms with Gasteiger partial charge in [-0.05, 0) is 36.9 Å². The van der Waals surface area contributed by atoms with E-state index in [1.807, 2.05) is 24.3 Å². The van der Waals surface area contributed by atoms with E-state index in [1.54, 1.807) is 0 Å². The molecular formula is C14H24N2O. The van der Waals surface area contributed by atoms with E-state index < -0.39 is 0 Å².